The third-order valence-electron chi connectivity index (χ3n) is 1.52. The zero-order chi connectivity index (χ0) is 8.10. The number of hydrogen-bond acceptors (Lipinski definition) is 2. The Morgan fingerprint density at radius 3 is 2.91 bits per heavy atom. The third kappa shape index (κ3) is 2.33. The van der Waals surface area contributed by atoms with E-state index in [1.807, 2.05) is 12.1 Å². The summed E-state index contributed by atoms with van der Waals surface area (Å²) in [5.41, 5.74) is 0.807. The summed E-state index contributed by atoms with van der Waals surface area (Å²) < 4.78 is 0. The highest BCUT2D eigenvalue weighted by molar-refractivity contribution is 5.16. The maximum absolute atomic E-state index is 9.34. The van der Waals surface area contributed by atoms with Crippen molar-refractivity contribution in [3.05, 3.63) is 35.9 Å². The maximum Gasteiger partial charge on any atom is 0.0812 e. The van der Waals surface area contributed by atoms with Crippen LogP contribution in [0.25, 0.3) is 0 Å². The summed E-state index contributed by atoms with van der Waals surface area (Å²) in [6, 6.07) is 9.99. The number of hydrogen-bond donors (Lipinski definition) is 2. The molecule has 2 N–H and O–H groups in total. The average Bonchev–Trinajstić information content (AvgIpc) is 2.07. The van der Waals surface area contributed by atoms with E-state index in [2.05, 4.69) is 6.07 Å². The Morgan fingerprint density at radius 2 is 2.36 bits per heavy atom. The summed E-state index contributed by atoms with van der Waals surface area (Å²) in [5, 5.41) is 17.9. The van der Waals surface area contributed by atoms with Crippen LogP contribution in [-0.2, 0) is 0 Å². The fraction of sp³-hybridized carbons (Fsp3) is 0.333. The molecule has 0 saturated carbocycles. The zero-order valence-electron chi connectivity index (χ0n) is 6.20. The molecule has 0 saturated heterocycles. The summed E-state index contributed by atoms with van der Waals surface area (Å²) in [5.74, 6) is 0. The Balaban J connectivity index is 2.61. The van der Waals surface area contributed by atoms with Gasteiger partial charge in [0.25, 0.3) is 0 Å². The first-order valence-corrected chi connectivity index (χ1v) is 3.59. The van der Waals surface area contributed by atoms with Crippen molar-refractivity contribution in [2.24, 2.45) is 0 Å². The van der Waals surface area contributed by atoms with Gasteiger partial charge in [-0.05, 0) is 17.7 Å². The van der Waals surface area contributed by atoms with Crippen molar-refractivity contribution < 1.29 is 10.2 Å². The highest BCUT2D eigenvalue weighted by Crippen LogP contribution is 2.14. The molecule has 1 unspecified atom stereocenters. The second kappa shape index (κ2) is 4.11. The Hall–Kier alpha value is -0.860. The number of aliphatic hydroxyl groups is 2. The lowest BCUT2D eigenvalue weighted by atomic mass is 10.1. The molecule has 1 aromatic rings. The van der Waals surface area contributed by atoms with E-state index in [0.29, 0.717) is 6.42 Å². The van der Waals surface area contributed by atoms with Crippen molar-refractivity contribution in [2.45, 2.75) is 12.5 Å². The first-order valence-electron chi connectivity index (χ1n) is 3.59. The fourth-order valence-electron chi connectivity index (χ4n) is 0.903. The van der Waals surface area contributed by atoms with E-state index in [-0.39, 0.29) is 6.61 Å². The molecule has 1 rings (SSSR count). The average molecular weight is 151 g/mol. The molecule has 0 bridgehead atoms. The van der Waals surface area contributed by atoms with Crippen LogP contribution in [0.3, 0.4) is 0 Å². The Bertz CT molecular complexity index is 196. The lowest BCUT2D eigenvalue weighted by Crippen LogP contribution is -1.99. The van der Waals surface area contributed by atoms with E-state index in [0.717, 1.165) is 5.56 Å². The second-order valence-corrected chi connectivity index (χ2v) is 2.36. The van der Waals surface area contributed by atoms with E-state index in [4.69, 9.17) is 5.11 Å². The molecule has 0 aromatic heterocycles. The first-order chi connectivity index (χ1) is 5.34. The van der Waals surface area contributed by atoms with Crippen molar-refractivity contribution in [3.63, 3.8) is 0 Å². The van der Waals surface area contributed by atoms with Gasteiger partial charge in [0.15, 0.2) is 0 Å². The lowest BCUT2D eigenvalue weighted by Gasteiger charge is -2.07. The van der Waals surface area contributed by atoms with Crippen molar-refractivity contribution in [2.75, 3.05) is 6.61 Å². The Labute approximate surface area is 66.1 Å². The van der Waals surface area contributed by atoms with Gasteiger partial charge in [0.1, 0.15) is 0 Å². The van der Waals surface area contributed by atoms with Crippen LogP contribution in [0, 0.1) is 6.07 Å². The minimum atomic E-state index is -0.558. The van der Waals surface area contributed by atoms with E-state index >= 15 is 0 Å². The summed E-state index contributed by atoms with van der Waals surface area (Å²) in [6.45, 7) is 0.00998. The van der Waals surface area contributed by atoms with Crippen LogP contribution in [0.4, 0.5) is 0 Å². The molecule has 0 heterocycles. The van der Waals surface area contributed by atoms with E-state index in [1.54, 1.807) is 12.1 Å². The van der Waals surface area contributed by atoms with Crippen LogP contribution in [0.5, 0.6) is 0 Å². The molecule has 1 radical (unpaired) electrons. The standard InChI is InChI=1S/C9H11O2/c10-7-6-9(11)8-4-2-1-3-5-8/h1-2,4-5,9-11H,6-7H2. The minimum absolute atomic E-state index is 0.00998. The van der Waals surface area contributed by atoms with Crippen molar-refractivity contribution in [1.82, 2.24) is 0 Å². The summed E-state index contributed by atoms with van der Waals surface area (Å²) in [4.78, 5) is 0. The van der Waals surface area contributed by atoms with E-state index in [9.17, 15) is 5.11 Å². The van der Waals surface area contributed by atoms with Gasteiger partial charge in [-0.15, -0.1) is 0 Å². The molecular formula is C9H11O2. The van der Waals surface area contributed by atoms with Crippen LogP contribution >= 0.6 is 0 Å². The first kappa shape index (κ1) is 8.24. The highest BCUT2D eigenvalue weighted by Gasteiger charge is 2.04. The quantitative estimate of drug-likeness (QED) is 0.674. The largest absolute Gasteiger partial charge is 0.396 e. The predicted molar refractivity (Wildman–Crippen MR) is 41.9 cm³/mol. The molecule has 2 heteroatoms. The van der Waals surface area contributed by atoms with Gasteiger partial charge >= 0.3 is 0 Å². The minimum Gasteiger partial charge on any atom is -0.396 e. The second-order valence-electron chi connectivity index (χ2n) is 2.36. The van der Waals surface area contributed by atoms with E-state index in [1.165, 1.54) is 0 Å². The van der Waals surface area contributed by atoms with Crippen LogP contribution in [-0.4, -0.2) is 16.8 Å². The number of rotatable bonds is 3. The molecule has 2 nitrogen and oxygen atoms in total. The summed E-state index contributed by atoms with van der Waals surface area (Å²) >= 11 is 0. The topological polar surface area (TPSA) is 40.5 Å². The lowest BCUT2D eigenvalue weighted by molar-refractivity contribution is 0.134. The van der Waals surface area contributed by atoms with Gasteiger partial charge in [-0.3, -0.25) is 0 Å². The zero-order valence-corrected chi connectivity index (χ0v) is 6.20. The van der Waals surface area contributed by atoms with Crippen molar-refractivity contribution in [3.8, 4) is 0 Å². The fourth-order valence-corrected chi connectivity index (χ4v) is 0.903. The maximum atomic E-state index is 9.34. The number of benzene rings is 1. The molecule has 1 aromatic carbocycles. The van der Waals surface area contributed by atoms with Gasteiger partial charge in [-0.25, -0.2) is 0 Å². The van der Waals surface area contributed by atoms with Gasteiger partial charge in [0.05, 0.1) is 6.10 Å². The summed E-state index contributed by atoms with van der Waals surface area (Å²) in [7, 11) is 0. The normalized spacial score (nSPS) is 12.9. The number of aliphatic hydroxyl groups excluding tert-OH is 2. The molecule has 59 valence electrons. The van der Waals surface area contributed by atoms with Gasteiger partial charge in [-0.1, -0.05) is 18.2 Å². The van der Waals surface area contributed by atoms with Crippen LogP contribution in [0.2, 0.25) is 0 Å². The molecule has 11 heavy (non-hydrogen) atoms. The highest BCUT2D eigenvalue weighted by atomic mass is 16.3. The van der Waals surface area contributed by atoms with E-state index < -0.39 is 6.10 Å². The molecule has 0 aliphatic carbocycles. The molecule has 1 atom stereocenters. The van der Waals surface area contributed by atoms with Gasteiger partial charge < -0.3 is 10.2 Å². The van der Waals surface area contributed by atoms with Crippen LogP contribution in [0.1, 0.15) is 18.1 Å². The molecular weight excluding hydrogens is 140 g/mol. The van der Waals surface area contributed by atoms with Crippen LogP contribution in [0.15, 0.2) is 24.3 Å². The smallest absolute Gasteiger partial charge is 0.0812 e. The third-order valence-corrected chi connectivity index (χ3v) is 1.52. The summed E-state index contributed by atoms with van der Waals surface area (Å²) in [6.07, 6.45) is -0.171. The SMILES string of the molecule is OCCC(O)c1c[c]ccc1. The molecule has 0 spiro atoms. The Morgan fingerprint density at radius 1 is 1.55 bits per heavy atom. The van der Waals surface area contributed by atoms with Gasteiger partial charge in [0.2, 0.25) is 0 Å². The monoisotopic (exact) mass is 151 g/mol. The molecule has 0 aliphatic rings. The van der Waals surface area contributed by atoms with Crippen molar-refractivity contribution >= 4 is 0 Å². The Kier molecular flexibility index (Phi) is 3.08. The van der Waals surface area contributed by atoms with Crippen LogP contribution < -0.4 is 0 Å². The molecule has 0 amide bonds. The van der Waals surface area contributed by atoms with Crippen molar-refractivity contribution in [1.29, 1.82) is 0 Å². The van der Waals surface area contributed by atoms with Gasteiger partial charge in [0, 0.05) is 13.0 Å². The molecule has 0 fully saturated rings. The van der Waals surface area contributed by atoms with Gasteiger partial charge in [-0.2, -0.15) is 0 Å². The molecule has 0 aliphatic heterocycles. The predicted octanol–water partition coefficient (Wildman–Crippen LogP) is 0.903.